The average molecular weight is 644 g/mol. The Labute approximate surface area is 296 Å². The van der Waals surface area contributed by atoms with Gasteiger partial charge in [0.15, 0.2) is 0 Å². The van der Waals surface area contributed by atoms with E-state index in [0.29, 0.717) is 0 Å². The second-order valence-corrected chi connectivity index (χ2v) is 14.2. The van der Waals surface area contributed by atoms with Gasteiger partial charge < -0.3 is 4.90 Å². The molecule has 8 rings (SSSR count). The Kier molecular flexibility index (Phi) is 8.05. The number of hydrogen-bond donors (Lipinski definition) is 0. The van der Waals surface area contributed by atoms with Crippen molar-refractivity contribution in [2.45, 2.75) is 33.1 Å². The summed E-state index contributed by atoms with van der Waals surface area (Å²) in [5.74, 6) is 0. The summed E-state index contributed by atoms with van der Waals surface area (Å²) in [4.78, 5) is 2.52. The molecule has 1 nitrogen and oxygen atoms in total. The fraction of sp³-hybridized carbons (Fsp3) is 0.102. The van der Waals surface area contributed by atoms with E-state index >= 15 is 0 Å². The van der Waals surface area contributed by atoms with Crippen LogP contribution in [0.1, 0.15) is 31.9 Å². The minimum atomic E-state index is 0.0823. The van der Waals surface area contributed by atoms with E-state index in [1.807, 2.05) is 0 Å². The number of para-hydroxylation sites is 2. The first-order valence-electron chi connectivity index (χ1n) is 17.5. The van der Waals surface area contributed by atoms with E-state index in [1.54, 1.807) is 0 Å². The lowest BCUT2D eigenvalue weighted by molar-refractivity contribution is 0.590. The number of anilines is 3. The highest BCUT2D eigenvalue weighted by Gasteiger charge is 2.25. The van der Waals surface area contributed by atoms with E-state index < -0.39 is 0 Å². The summed E-state index contributed by atoms with van der Waals surface area (Å²) < 4.78 is 0. The Morgan fingerprint density at radius 3 is 1.72 bits per heavy atom. The fourth-order valence-electron chi connectivity index (χ4n) is 7.43. The van der Waals surface area contributed by atoms with Gasteiger partial charge in [0.1, 0.15) is 0 Å². The van der Waals surface area contributed by atoms with Gasteiger partial charge in [-0.1, -0.05) is 185 Å². The molecule has 0 atom stereocenters. The van der Waals surface area contributed by atoms with Crippen LogP contribution in [-0.4, -0.2) is 0 Å². The molecule has 0 radical (unpaired) electrons. The zero-order valence-corrected chi connectivity index (χ0v) is 29.2. The Hall–Kier alpha value is -5.92. The summed E-state index contributed by atoms with van der Waals surface area (Å²) in [7, 11) is 0. The zero-order valence-electron chi connectivity index (χ0n) is 29.2. The predicted molar refractivity (Wildman–Crippen MR) is 216 cm³/mol. The van der Waals surface area contributed by atoms with Gasteiger partial charge in [0, 0.05) is 16.5 Å². The van der Waals surface area contributed by atoms with Crippen LogP contribution in [0.25, 0.3) is 54.9 Å². The van der Waals surface area contributed by atoms with Crippen molar-refractivity contribution in [2.24, 2.45) is 0 Å². The second kappa shape index (κ2) is 12.8. The molecule has 0 aromatic heterocycles. The molecular formula is C49H41N. The molecule has 0 heterocycles. The lowest BCUT2D eigenvalue weighted by atomic mass is 9.86. The maximum absolute atomic E-state index is 2.52. The van der Waals surface area contributed by atoms with Crippen molar-refractivity contribution in [3.05, 3.63) is 187 Å². The van der Waals surface area contributed by atoms with Crippen LogP contribution in [-0.2, 0) is 5.41 Å². The predicted octanol–water partition coefficient (Wildman–Crippen LogP) is 14.1. The summed E-state index contributed by atoms with van der Waals surface area (Å²) in [6.45, 7) is 9.07. The first-order chi connectivity index (χ1) is 24.4. The minimum absolute atomic E-state index is 0.0823. The van der Waals surface area contributed by atoms with E-state index in [2.05, 4.69) is 209 Å². The maximum atomic E-state index is 2.52. The van der Waals surface area contributed by atoms with Crippen molar-refractivity contribution in [1.82, 2.24) is 0 Å². The number of hydrogen-bond acceptors (Lipinski definition) is 1. The molecule has 50 heavy (non-hydrogen) atoms. The van der Waals surface area contributed by atoms with Gasteiger partial charge in [0.25, 0.3) is 0 Å². The SMILES string of the molecule is Cc1cccc(-c2ccc(C(C)(C)C)cc2)c1N(c1ccccc1-c1cccc2cccc(-c3ccccc3)c12)c1cccc2ccccc12. The molecular weight excluding hydrogens is 603 g/mol. The van der Waals surface area contributed by atoms with Crippen LogP contribution in [0.3, 0.4) is 0 Å². The first kappa shape index (κ1) is 31.4. The Bertz CT molecular complexity index is 2450. The molecule has 0 N–H and O–H groups in total. The second-order valence-electron chi connectivity index (χ2n) is 14.2. The summed E-state index contributed by atoms with van der Waals surface area (Å²) in [5, 5.41) is 4.92. The van der Waals surface area contributed by atoms with Gasteiger partial charge >= 0.3 is 0 Å². The summed E-state index contributed by atoms with van der Waals surface area (Å²) in [5.41, 5.74) is 13.4. The molecule has 0 fully saturated rings. The van der Waals surface area contributed by atoms with Gasteiger partial charge in [-0.25, -0.2) is 0 Å². The van der Waals surface area contributed by atoms with Gasteiger partial charge in [-0.3, -0.25) is 0 Å². The summed E-state index contributed by atoms with van der Waals surface area (Å²) in [6, 6.07) is 64.4. The van der Waals surface area contributed by atoms with Crippen LogP contribution in [0.15, 0.2) is 176 Å². The topological polar surface area (TPSA) is 3.24 Å². The molecule has 0 saturated heterocycles. The number of aryl methyl sites for hydroxylation is 1. The van der Waals surface area contributed by atoms with Crippen molar-refractivity contribution < 1.29 is 0 Å². The number of benzene rings is 8. The molecule has 242 valence electrons. The van der Waals surface area contributed by atoms with Crippen molar-refractivity contribution in [3.63, 3.8) is 0 Å². The molecule has 1 heteroatoms. The highest BCUT2D eigenvalue weighted by Crippen LogP contribution is 2.49. The van der Waals surface area contributed by atoms with Crippen LogP contribution >= 0.6 is 0 Å². The molecule has 8 aromatic carbocycles. The minimum Gasteiger partial charge on any atom is -0.308 e. The molecule has 0 aliphatic rings. The van der Waals surface area contributed by atoms with Gasteiger partial charge in [-0.2, -0.15) is 0 Å². The largest absolute Gasteiger partial charge is 0.308 e. The van der Waals surface area contributed by atoms with Gasteiger partial charge in [-0.05, 0) is 74.0 Å². The molecule has 0 amide bonds. The van der Waals surface area contributed by atoms with E-state index in [1.165, 1.54) is 71.7 Å². The van der Waals surface area contributed by atoms with E-state index in [-0.39, 0.29) is 5.41 Å². The van der Waals surface area contributed by atoms with Gasteiger partial charge in [0.05, 0.1) is 17.1 Å². The van der Waals surface area contributed by atoms with Crippen LogP contribution in [0.4, 0.5) is 17.1 Å². The van der Waals surface area contributed by atoms with E-state index in [9.17, 15) is 0 Å². The van der Waals surface area contributed by atoms with Crippen LogP contribution in [0, 0.1) is 6.92 Å². The lowest BCUT2D eigenvalue weighted by Gasteiger charge is -2.32. The smallest absolute Gasteiger partial charge is 0.0569 e. The van der Waals surface area contributed by atoms with Crippen molar-refractivity contribution in [2.75, 3.05) is 4.90 Å². The number of fused-ring (bicyclic) bond motifs is 2. The summed E-state index contributed by atoms with van der Waals surface area (Å²) in [6.07, 6.45) is 0. The summed E-state index contributed by atoms with van der Waals surface area (Å²) >= 11 is 0. The third-order valence-electron chi connectivity index (χ3n) is 9.96. The Morgan fingerprint density at radius 2 is 0.940 bits per heavy atom. The number of rotatable bonds is 6. The maximum Gasteiger partial charge on any atom is 0.0569 e. The number of nitrogens with zero attached hydrogens (tertiary/aromatic N) is 1. The highest BCUT2D eigenvalue weighted by atomic mass is 15.2. The van der Waals surface area contributed by atoms with Crippen LogP contribution in [0.5, 0.6) is 0 Å². The monoisotopic (exact) mass is 643 g/mol. The van der Waals surface area contributed by atoms with Crippen molar-refractivity contribution >= 4 is 38.6 Å². The molecule has 0 bridgehead atoms. The average Bonchev–Trinajstić information content (AvgIpc) is 3.15. The van der Waals surface area contributed by atoms with Gasteiger partial charge in [-0.15, -0.1) is 0 Å². The molecule has 0 spiro atoms. The third kappa shape index (κ3) is 5.65. The van der Waals surface area contributed by atoms with E-state index in [4.69, 9.17) is 0 Å². The first-order valence-corrected chi connectivity index (χ1v) is 17.5. The zero-order chi connectivity index (χ0) is 34.2. The molecule has 0 aliphatic heterocycles. The third-order valence-corrected chi connectivity index (χ3v) is 9.96. The van der Waals surface area contributed by atoms with Crippen LogP contribution < -0.4 is 4.90 Å². The normalized spacial score (nSPS) is 11.6. The molecule has 0 saturated carbocycles. The standard InChI is InChI=1S/C49H41N/c1-34-16-12-26-42(37-30-32-39(33-31-37)49(2,3)4)48(34)50(45-29-15-20-35-19-8-9-23-40(35)45)46-28-11-10-24-43(46)44-27-14-22-38-21-13-25-41(47(38)44)36-17-6-5-7-18-36/h5-33H,1-4H3. The molecule has 0 aliphatic carbocycles. The van der Waals surface area contributed by atoms with Gasteiger partial charge in [0.2, 0.25) is 0 Å². The highest BCUT2D eigenvalue weighted by molar-refractivity contribution is 6.10. The lowest BCUT2D eigenvalue weighted by Crippen LogP contribution is -2.14. The van der Waals surface area contributed by atoms with Crippen molar-refractivity contribution in [1.29, 1.82) is 0 Å². The van der Waals surface area contributed by atoms with E-state index in [0.717, 1.165) is 11.4 Å². The Morgan fingerprint density at radius 1 is 0.400 bits per heavy atom. The van der Waals surface area contributed by atoms with Crippen molar-refractivity contribution in [3.8, 4) is 33.4 Å². The fourth-order valence-corrected chi connectivity index (χ4v) is 7.43. The quantitative estimate of drug-likeness (QED) is 0.174. The molecule has 0 unspecified atom stereocenters. The Balaban J connectivity index is 1.44. The van der Waals surface area contributed by atoms with Crippen LogP contribution in [0.2, 0.25) is 0 Å². The molecule has 8 aromatic rings.